The van der Waals surface area contributed by atoms with Gasteiger partial charge in [-0.25, -0.2) is 19.2 Å². The molecule has 0 spiro atoms. The molecule has 0 aliphatic carbocycles. The number of aromatic nitrogens is 3. The standard InChI is InChI=1S/C36H45FN6O5.C3H6O.CH5N/c1-6-41(4)23-48-36(2,3)20-33(44)38-27-12-10-26(28(37)19-27)22-47-34-9-7-8-29(40-34)24-14-16-43(17-15-24)21-32-39-30-13-11-25(35(45)46)18-31(30)42(32)5;1-2-4-3-1;1-2/h7-13,18-19,24H,6,14-17,20-23H2,1-5H3,(H,38,44)(H,45,46);1-3H2;2H2,1H3. The van der Waals surface area contributed by atoms with Crippen LogP contribution in [0.2, 0.25) is 0 Å². The fourth-order valence-electron chi connectivity index (χ4n) is 5.90. The van der Waals surface area contributed by atoms with Crippen molar-refractivity contribution in [2.75, 3.05) is 59.0 Å². The van der Waals surface area contributed by atoms with Crippen LogP contribution in [0.3, 0.4) is 0 Å². The number of anilines is 1. The first-order valence-corrected chi connectivity index (χ1v) is 18.5. The molecular formula is C40H56FN7O6. The molecule has 0 radical (unpaired) electrons. The number of benzene rings is 2. The van der Waals surface area contributed by atoms with Crippen LogP contribution in [0.5, 0.6) is 5.88 Å². The van der Waals surface area contributed by atoms with Crippen LogP contribution in [0.4, 0.5) is 10.1 Å². The molecule has 2 aromatic heterocycles. The number of carbonyl (C=O) groups is 2. The number of nitrogens with one attached hydrogen (secondary N) is 1. The summed E-state index contributed by atoms with van der Waals surface area (Å²) in [4.78, 5) is 37.8. The fraction of sp³-hybridized carbons (Fsp3) is 0.500. The Kier molecular flexibility index (Phi) is 15.9. The SMILES string of the molecule is C1COC1.CCN(C)COC(C)(C)CC(=O)Nc1ccc(COc2cccc(C3CCN(Cc4nc5ccc(C(=O)O)cc5n4C)CC3)n2)c(F)c1.CN. The normalized spacial score (nSPS) is 14.8. The number of rotatable bonds is 14. The van der Waals surface area contributed by atoms with Gasteiger partial charge in [-0.05, 0) is 103 Å². The predicted octanol–water partition coefficient (Wildman–Crippen LogP) is 5.78. The number of ether oxygens (including phenoxy) is 3. The van der Waals surface area contributed by atoms with Gasteiger partial charge in [-0.2, -0.15) is 0 Å². The minimum atomic E-state index is -0.953. The van der Waals surface area contributed by atoms with Gasteiger partial charge in [0.25, 0.3) is 0 Å². The van der Waals surface area contributed by atoms with Crippen LogP contribution in [-0.2, 0) is 34.5 Å². The van der Waals surface area contributed by atoms with Crippen molar-refractivity contribution in [3.8, 4) is 5.88 Å². The molecule has 54 heavy (non-hydrogen) atoms. The average Bonchev–Trinajstić information content (AvgIpc) is 3.44. The van der Waals surface area contributed by atoms with Crippen molar-refractivity contribution in [1.29, 1.82) is 0 Å². The molecule has 4 N–H and O–H groups in total. The number of pyridine rings is 1. The molecule has 2 fully saturated rings. The fourth-order valence-corrected chi connectivity index (χ4v) is 5.90. The highest BCUT2D eigenvalue weighted by Crippen LogP contribution is 2.29. The topological polar surface area (TPSA) is 157 Å². The molecule has 4 aromatic rings. The third-order valence-electron chi connectivity index (χ3n) is 9.43. The number of amides is 1. The maximum absolute atomic E-state index is 15.0. The van der Waals surface area contributed by atoms with Crippen LogP contribution < -0.4 is 15.8 Å². The molecule has 0 unspecified atom stereocenters. The molecule has 2 aliphatic heterocycles. The Morgan fingerprint density at radius 3 is 2.43 bits per heavy atom. The zero-order valence-electron chi connectivity index (χ0n) is 32.4. The lowest BCUT2D eigenvalue weighted by molar-refractivity contribution is -0.125. The number of carbonyl (C=O) groups excluding carboxylic acids is 1. The van der Waals surface area contributed by atoms with E-state index in [-0.39, 0.29) is 30.4 Å². The zero-order chi connectivity index (χ0) is 39.3. The summed E-state index contributed by atoms with van der Waals surface area (Å²) >= 11 is 0. The second kappa shape index (κ2) is 20.3. The first-order valence-electron chi connectivity index (χ1n) is 18.5. The van der Waals surface area contributed by atoms with Gasteiger partial charge in [0.2, 0.25) is 11.8 Å². The monoisotopic (exact) mass is 749 g/mol. The Bertz CT molecular complexity index is 1820. The van der Waals surface area contributed by atoms with Gasteiger partial charge in [0, 0.05) is 49.2 Å². The van der Waals surface area contributed by atoms with E-state index in [2.05, 4.69) is 16.0 Å². The van der Waals surface area contributed by atoms with E-state index in [1.54, 1.807) is 36.4 Å². The molecule has 294 valence electrons. The number of likely N-dealkylation sites (tertiary alicyclic amines) is 1. The van der Waals surface area contributed by atoms with Crippen molar-refractivity contribution < 1.29 is 33.3 Å². The van der Waals surface area contributed by atoms with E-state index >= 15 is 0 Å². The molecule has 1 amide bonds. The number of halogens is 1. The third kappa shape index (κ3) is 12.3. The lowest BCUT2D eigenvalue weighted by atomic mass is 9.93. The molecule has 4 heterocycles. The Labute approximate surface area is 317 Å². The summed E-state index contributed by atoms with van der Waals surface area (Å²) in [7, 11) is 5.36. The molecule has 2 aromatic carbocycles. The average molecular weight is 750 g/mol. The largest absolute Gasteiger partial charge is 0.478 e. The number of aromatic carboxylic acids is 1. The van der Waals surface area contributed by atoms with Gasteiger partial charge in [0.05, 0.1) is 41.9 Å². The van der Waals surface area contributed by atoms with Gasteiger partial charge in [-0.1, -0.05) is 19.1 Å². The number of nitrogens with zero attached hydrogens (tertiary/aromatic N) is 5. The molecule has 13 nitrogen and oxygen atoms in total. The van der Waals surface area contributed by atoms with Crippen molar-refractivity contribution in [2.24, 2.45) is 12.8 Å². The van der Waals surface area contributed by atoms with Crippen molar-refractivity contribution in [1.82, 2.24) is 24.3 Å². The number of nitrogens with two attached hydrogens (primary N) is 1. The summed E-state index contributed by atoms with van der Waals surface area (Å²) in [6.45, 7) is 11.4. The molecule has 0 saturated carbocycles. The Morgan fingerprint density at radius 1 is 1.09 bits per heavy atom. The molecular weight excluding hydrogens is 693 g/mol. The number of imidazole rings is 1. The van der Waals surface area contributed by atoms with E-state index in [1.165, 1.54) is 19.5 Å². The van der Waals surface area contributed by atoms with Crippen molar-refractivity contribution in [3.63, 3.8) is 0 Å². The smallest absolute Gasteiger partial charge is 0.335 e. The van der Waals surface area contributed by atoms with E-state index < -0.39 is 17.4 Å². The molecule has 2 saturated heterocycles. The first kappa shape index (κ1) is 42.3. The van der Waals surface area contributed by atoms with Gasteiger partial charge >= 0.3 is 5.97 Å². The minimum absolute atomic E-state index is 0.00670. The van der Waals surface area contributed by atoms with Gasteiger partial charge in [-0.15, -0.1) is 0 Å². The summed E-state index contributed by atoms with van der Waals surface area (Å²) in [6.07, 6.45) is 3.26. The Morgan fingerprint density at radius 2 is 1.80 bits per heavy atom. The van der Waals surface area contributed by atoms with Crippen molar-refractivity contribution in [2.45, 2.75) is 71.1 Å². The Balaban J connectivity index is 0.000000999. The van der Waals surface area contributed by atoms with Crippen molar-refractivity contribution >= 4 is 28.6 Å². The van der Waals surface area contributed by atoms with Crippen LogP contribution in [0, 0.1) is 5.82 Å². The van der Waals surface area contributed by atoms with E-state index in [4.69, 9.17) is 24.2 Å². The van der Waals surface area contributed by atoms with Crippen LogP contribution in [0.15, 0.2) is 54.6 Å². The van der Waals surface area contributed by atoms with E-state index in [0.717, 1.165) is 68.2 Å². The molecule has 14 heteroatoms. The van der Waals surface area contributed by atoms with Gasteiger partial charge < -0.3 is 34.9 Å². The second-order valence-electron chi connectivity index (χ2n) is 14.0. The number of carboxylic acid groups (broad SMARTS) is 1. The van der Waals surface area contributed by atoms with E-state index in [1.807, 2.05) is 56.5 Å². The highest BCUT2D eigenvalue weighted by atomic mass is 19.1. The summed E-state index contributed by atoms with van der Waals surface area (Å²) < 4.78 is 33.4. The zero-order valence-corrected chi connectivity index (χ0v) is 32.4. The van der Waals surface area contributed by atoms with Crippen LogP contribution in [-0.4, -0.2) is 101 Å². The number of aryl methyl sites for hydroxylation is 1. The maximum atomic E-state index is 15.0. The summed E-state index contributed by atoms with van der Waals surface area (Å²) in [5, 5.41) is 12.1. The second-order valence-corrected chi connectivity index (χ2v) is 14.0. The summed E-state index contributed by atoms with van der Waals surface area (Å²) in [5.41, 5.74) is 7.36. The van der Waals surface area contributed by atoms with E-state index in [9.17, 15) is 19.1 Å². The Hall–Kier alpha value is -4.47. The third-order valence-corrected chi connectivity index (χ3v) is 9.43. The van der Waals surface area contributed by atoms with Crippen LogP contribution in [0.25, 0.3) is 11.0 Å². The van der Waals surface area contributed by atoms with Gasteiger partial charge in [0.1, 0.15) is 18.2 Å². The summed E-state index contributed by atoms with van der Waals surface area (Å²) in [6, 6.07) is 15.3. The number of hydrogen-bond acceptors (Lipinski definition) is 10. The summed E-state index contributed by atoms with van der Waals surface area (Å²) in [5.74, 6) is -0.0818. The lowest BCUT2D eigenvalue weighted by Crippen LogP contribution is -2.35. The van der Waals surface area contributed by atoms with Crippen LogP contribution >= 0.6 is 0 Å². The molecule has 0 bridgehead atoms. The highest BCUT2D eigenvalue weighted by molar-refractivity contribution is 5.92. The number of fused-ring (bicyclic) bond motifs is 1. The van der Waals surface area contributed by atoms with E-state index in [0.29, 0.717) is 30.4 Å². The molecule has 6 rings (SSSR count). The molecule has 2 aliphatic rings. The lowest BCUT2D eigenvalue weighted by Gasteiger charge is -2.31. The predicted molar refractivity (Wildman–Crippen MR) is 207 cm³/mol. The van der Waals surface area contributed by atoms with Crippen molar-refractivity contribution in [3.05, 3.63) is 83.1 Å². The molecule has 0 atom stereocenters. The highest BCUT2D eigenvalue weighted by Gasteiger charge is 2.25. The quantitative estimate of drug-likeness (QED) is 0.134. The number of carboxylic acids is 1. The van der Waals surface area contributed by atoms with Crippen LogP contribution in [0.1, 0.15) is 79.8 Å². The number of hydrogen-bond donors (Lipinski definition) is 3. The first-order chi connectivity index (χ1) is 25.9. The number of piperidine rings is 1. The minimum Gasteiger partial charge on any atom is -0.478 e. The van der Waals surface area contributed by atoms with Gasteiger partial charge in [0.15, 0.2) is 0 Å². The van der Waals surface area contributed by atoms with Gasteiger partial charge in [-0.3, -0.25) is 14.6 Å². The maximum Gasteiger partial charge on any atom is 0.335 e.